The largest absolute Gasteiger partial charge is 0.493 e. The van der Waals surface area contributed by atoms with Gasteiger partial charge >= 0.3 is 0 Å². The van der Waals surface area contributed by atoms with Crippen molar-refractivity contribution in [2.45, 2.75) is 13.0 Å². The molecule has 0 aliphatic heterocycles. The van der Waals surface area contributed by atoms with Gasteiger partial charge in [0.1, 0.15) is 24.4 Å². The van der Waals surface area contributed by atoms with Crippen LogP contribution in [0.25, 0.3) is 0 Å². The van der Waals surface area contributed by atoms with Crippen molar-refractivity contribution >= 4 is 6.29 Å². The molecule has 0 unspecified atom stereocenters. The topological polar surface area (TPSA) is 35.5 Å². The Labute approximate surface area is 147 Å². The number of hydrogen-bond acceptors (Lipinski definition) is 3. The van der Waals surface area contributed by atoms with E-state index in [2.05, 4.69) is 12.1 Å². The van der Waals surface area contributed by atoms with E-state index in [1.807, 2.05) is 54.6 Å². The average Bonchev–Trinajstić information content (AvgIpc) is 2.68. The maximum atomic E-state index is 11.2. The van der Waals surface area contributed by atoms with Crippen LogP contribution in [0.3, 0.4) is 0 Å². The number of carbonyl (C=O) groups is 1. The van der Waals surface area contributed by atoms with Crippen molar-refractivity contribution in [3.8, 4) is 11.5 Å². The van der Waals surface area contributed by atoms with Crippen LogP contribution < -0.4 is 9.47 Å². The van der Waals surface area contributed by atoms with Gasteiger partial charge < -0.3 is 9.47 Å². The SMILES string of the molecule is O=Cc1cc(OCCc2ccccc2)cc(OCc2ccccc2)c1. The van der Waals surface area contributed by atoms with E-state index in [-0.39, 0.29) is 0 Å². The molecule has 3 heteroatoms. The predicted molar refractivity (Wildman–Crippen MR) is 98.2 cm³/mol. The Balaban J connectivity index is 1.62. The molecule has 0 atom stereocenters. The molecule has 0 saturated carbocycles. The molecule has 3 aromatic carbocycles. The number of hydrogen-bond donors (Lipinski definition) is 0. The van der Waals surface area contributed by atoms with Gasteiger partial charge in [0.05, 0.1) is 6.61 Å². The van der Waals surface area contributed by atoms with Gasteiger partial charge in [-0.1, -0.05) is 60.7 Å². The van der Waals surface area contributed by atoms with Crippen LogP contribution in [-0.2, 0) is 13.0 Å². The highest BCUT2D eigenvalue weighted by atomic mass is 16.5. The number of aldehydes is 1. The first-order valence-corrected chi connectivity index (χ1v) is 8.27. The fraction of sp³-hybridized carbons (Fsp3) is 0.136. The molecule has 0 heterocycles. The number of benzene rings is 3. The van der Waals surface area contributed by atoms with Crippen LogP contribution in [-0.4, -0.2) is 12.9 Å². The van der Waals surface area contributed by atoms with Crippen LogP contribution in [0, 0.1) is 0 Å². The van der Waals surface area contributed by atoms with Crippen LogP contribution >= 0.6 is 0 Å². The van der Waals surface area contributed by atoms with Gasteiger partial charge in [0, 0.05) is 18.1 Å². The van der Waals surface area contributed by atoms with Crippen LogP contribution in [0.4, 0.5) is 0 Å². The minimum Gasteiger partial charge on any atom is -0.493 e. The van der Waals surface area contributed by atoms with E-state index < -0.39 is 0 Å². The summed E-state index contributed by atoms with van der Waals surface area (Å²) in [6.07, 6.45) is 1.62. The monoisotopic (exact) mass is 332 g/mol. The van der Waals surface area contributed by atoms with Crippen LogP contribution in [0.15, 0.2) is 78.9 Å². The Bertz CT molecular complexity index is 798. The van der Waals surface area contributed by atoms with E-state index in [0.29, 0.717) is 30.3 Å². The molecular weight excluding hydrogens is 312 g/mol. The van der Waals surface area contributed by atoms with Crippen molar-refractivity contribution in [1.29, 1.82) is 0 Å². The lowest BCUT2D eigenvalue weighted by atomic mass is 10.2. The average molecular weight is 332 g/mol. The molecule has 126 valence electrons. The lowest BCUT2D eigenvalue weighted by molar-refractivity contribution is 0.112. The Hall–Kier alpha value is -3.07. The van der Waals surface area contributed by atoms with Gasteiger partial charge in [-0.2, -0.15) is 0 Å². The van der Waals surface area contributed by atoms with E-state index >= 15 is 0 Å². The smallest absolute Gasteiger partial charge is 0.150 e. The highest BCUT2D eigenvalue weighted by molar-refractivity contribution is 5.76. The Morgan fingerprint density at radius 2 is 1.32 bits per heavy atom. The highest BCUT2D eigenvalue weighted by Crippen LogP contribution is 2.23. The second-order valence-electron chi connectivity index (χ2n) is 5.71. The normalized spacial score (nSPS) is 10.2. The van der Waals surface area contributed by atoms with Gasteiger partial charge in [0.2, 0.25) is 0 Å². The van der Waals surface area contributed by atoms with Crippen LogP contribution in [0.1, 0.15) is 21.5 Å². The molecule has 0 spiro atoms. The third kappa shape index (κ3) is 5.21. The minimum absolute atomic E-state index is 0.451. The molecule has 0 N–H and O–H groups in total. The molecule has 3 aromatic rings. The van der Waals surface area contributed by atoms with Gasteiger partial charge in [0.25, 0.3) is 0 Å². The Morgan fingerprint density at radius 3 is 1.96 bits per heavy atom. The summed E-state index contributed by atoms with van der Waals surface area (Å²) < 4.78 is 11.6. The third-order valence-electron chi connectivity index (χ3n) is 3.79. The molecular formula is C22H20O3. The van der Waals surface area contributed by atoms with E-state index in [4.69, 9.17) is 9.47 Å². The summed E-state index contributed by atoms with van der Waals surface area (Å²) in [5.74, 6) is 1.27. The van der Waals surface area contributed by atoms with E-state index in [1.165, 1.54) is 5.56 Å². The van der Waals surface area contributed by atoms with Gasteiger partial charge in [0.15, 0.2) is 0 Å². The van der Waals surface area contributed by atoms with Crippen molar-refractivity contribution in [3.63, 3.8) is 0 Å². The molecule has 0 aromatic heterocycles. The van der Waals surface area contributed by atoms with Crippen LogP contribution in [0.2, 0.25) is 0 Å². The zero-order chi connectivity index (χ0) is 17.3. The molecule has 25 heavy (non-hydrogen) atoms. The maximum Gasteiger partial charge on any atom is 0.150 e. The summed E-state index contributed by atoms with van der Waals surface area (Å²) in [6, 6.07) is 25.3. The van der Waals surface area contributed by atoms with E-state index in [9.17, 15) is 4.79 Å². The standard InChI is InChI=1S/C22H20O3/c23-16-20-13-21(24-12-11-18-7-3-1-4-8-18)15-22(14-20)25-17-19-9-5-2-6-10-19/h1-10,13-16H,11-12,17H2. The molecule has 0 saturated heterocycles. The third-order valence-corrected chi connectivity index (χ3v) is 3.79. The predicted octanol–water partition coefficient (Wildman–Crippen LogP) is 4.70. The summed E-state index contributed by atoms with van der Waals surface area (Å²) in [6.45, 7) is 0.997. The number of rotatable bonds is 8. The zero-order valence-electron chi connectivity index (χ0n) is 13.9. The van der Waals surface area contributed by atoms with E-state index in [1.54, 1.807) is 12.1 Å². The number of carbonyl (C=O) groups excluding carboxylic acids is 1. The summed E-state index contributed by atoms with van der Waals surface area (Å²) >= 11 is 0. The lowest BCUT2D eigenvalue weighted by Gasteiger charge is -2.11. The first kappa shape index (κ1) is 16.8. The summed E-state index contributed by atoms with van der Waals surface area (Å²) in [5.41, 5.74) is 2.83. The summed E-state index contributed by atoms with van der Waals surface area (Å²) in [5, 5.41) is 0. The maximum absolute atomic E-state index is 11.2. The highest BCUT2D eigenvalue weighted by Gasteiger charge is 2.04. The molecule has 0 aliphatic carbocycles. The molecule has 0 fully saturated rings. The quantitative estimate of drug-likeness (QED) is 0.561. The Morgan fingerprint density at radius 1 is 0.720 bits per heavy atom. The van der Waals surface area contributed by atoms with Crippen molar-refractivity contribution in [2.24, 2.45) is 0 Å². The second-order valence-corrected chi connectivity index (χ2v) is 5.71. The number of ether oxygens (including phenoxy) is 2. The van der Waals surface area contributed by atoms with Crippen molar-refractivity contribution < 1.29 is 14.3 Å². The van der Waals surface area contributed by atoms with Crippen molar-refractivity contribution in [2.75, 3.05) is 6.61 Å². The molecule has 0 aliphatic rings. The minimum atomic E-state index is 0.451. The first-order valence-electron chi connectivity index (χ1n) is 8.27. The fourth-order valence-corrected chi connectivity index (χ4v) is 2.50. The van der Waals surface area contributed by atoms with Gasteiger partial charge in [-0.25, -0.2) is 0 Å². The molecule has 0 bridgehead atoms. The Kier molecular flexibility index (Phi) is 5.83. The van der Waals surface area contributed by atoms with Crippen molar-refractivity contribution in [1.82, 2.24) is 0 Å². The molecule has 0 radical (unpaired) electrons. The molecule has 3 nitrogen and oxygen atoms in total. The second kappa shape index (κ2) is 8.69. The zero-order valence-corrected chi connectivity index (χ0v) is 13.9. The van der Waals surface area contributed by atoms with Crippen LogP contribution in [0.5, 0.6) is 11.5 Å². The van der Waals surface area contributed by atoms with Gasteiger partial charge in [-0.3, -0.25) is 4.79 Å². The van der Waals surface area contributed by atoms with E-state index in [0.717, 1.165) is 18.3 Å². The lowest BCUT2D eigenvalue weighted by Crippen LogP contribution is -2.02. The summed E-state index contributed by atoms with van der Waals surface area (Å²) in [4.78, 5) is 11.2. The fourth-order valence-electron chi connectivity index (χ4n) is 2.50. The van der Waals surface area contributed by atoms with Crippen molar-refractivity contribution in [3.05, 3.63) is 95.6 Å². The first-order chi connectivity index (χ1) is 12.3. The molecule has 3 rings (SSSR count). The van der Waals surface area contributed by atoms with Gasteiger partial charge in [-0.15, -0.1) is 0 Å². The molecule has 0 amide bonds. The summed E-state index contributed by atoms with van der Waals surface area (Å²) in [7, 11) is 0. The van der Waals surface area contributed by atoms with Gasteiger partial charge in [-0.05, 0) is 23.3 Å².